The van der Waals surface area contributed by atoms with Gasteiger partial charge in [0.2, 0.25) is 0 Å². The Morgan fingerprint density at radius 2 is 1.86 bits per heavy atom. The molecule has 114 valence electrons. The molecule has 1 aliphatic heterocycles. The van der Waals surface area contributed by atoms with E-state index in [9.17, 15) is 14.4 Å². The molecule has 7 heteroatoms. The van der Waals surface area contributed by atoms with Gasteiger partial charge in [0.05, 0.1) is 10.9 Å². The molecule has 0 aliphatic carbocycles. The van der Waals surface area contributed by atoms with Gasteiger partial charge in [-0.25, -0.2) is 4.79 Å². The topological polar surface area (TPSA) is 87.8 Å². The van der Waals surface area contributed by atoms with Crippen LogP contribution in [0.5, 0.6) is 0 Å². The van der Waals surface area contributed by atoms with Crippen molar-refractivity contribution >= 4 is 38.8 Å². The largest absolute Gasteiger partial charge is 0.478 e. The molecule has 1 fully saturated rings. The predicted molar refractivity (Wildman–Crippen MR) is 82.3 cm³/mol. The summed E-state index contributed by atoms with van der Waals surface area (Å²) in [7, 11) is 0. The molecule has 1 N–H and O–H groups in total. The van der Waals surface area contributed by atoms with E-state index in [1.807, 2.05) is 0 Å². The fourth-order valence-electron chi connectivity index (χ4n) is 2.52. The van der Waals surface area contributed by atoms with Crippen LogP contribution in [-0.2, 0) is 0 Å². The number of carboxylic acid groups (broad SMARTS) is 1. The Labute approximate surface area is 133 Å². The van der Waals surface area contributed by atoms with Crippen molar-refractivity contribution in [2.24, 2.45) is 0 Å². The lowest BCUT2D eigenvalue weighted by atomic mass is 10.1. The van der Waals surface area contributed by atoms with Gasteiger partial charge in [-0.3, -0.25) is 9.59 Å². The highest BCUT2D eigenvalue weighted by Crippen LogP contribution is 2.24. The van der Waals surface area contributed by atoms with Crippen LogP contribution in [0.3, 0.4) is 0 Å². The molecule has 22 heavy (non-hydrogen) atoms. The number of carboxylic acids is 1. The molecule has 1 aromatic carbocycles. The van der Waals surface area contributed by atoms with Gasteiger partial charge in [-0.15, -0.1) is 0 Å². The second-order valence-corrected chi connectivity index (χ2v) is 5.96. The van der Waals surface area contributed by atoms with Gasteiger partial charge in [-0.1, -0.05) is 0 Å². The lowest BCUT2D eigenvalue weighted by Crippen LogP contribution is -2.28. The predicted octanol–water partition coefficient (Wildman–Crippen LogP) is 2.49. The Balaban J connectivity index is 2.14. The van der Waals surface area contributed by atoms with E-state index in [2.05, 4.69) is 15.9 Å². The van der Waals surface area contributed by atoms with E-state index >= 15 is 0 Å². The van der Waals surface area contributed by atoms with Crippen LogP contribution < -0.4 is 5.43 Å². The third kappa shape index (κ3) is 2.52. The maximum atomic E-state index is 12.3. The third-order valence-electron chi connectivity index (χ3n) is 3.65. The Morgan fingerprint density at radius 3 is 2.50 bits per heavy atom. The van der Waals surface area contributed by atoms with Crippen LogP contribution in [0.4, 0.5) is 0 Å². The number of aromatic carboxylic acids is 1. The molecule has 2 heterocycles. The van der Waals surface area contributed by atoms with E-state index in [4.69, 9.17) is 9.52 Å². The van der Waals surface area contributed by atoms with Gasteiger partial charge in [-0.2, -0.15) is 0 Å². The quantitative estimate of drug-likeness (QED) is 0.882. The number of nitrogens with zero attached hydrogens (tertiary/aromatic N) is 1. The van der Waals surface area contributed by atoms with E-state index < -0.39 is 5.97 Å². The van der Waals surface area contributed by atoms with Gasteiger partial charge >= 0.3 is 5.97 Å². The summed E-state index contributed by atoms with van der Waals surface area (Å²) in [5, 5.41) is 9.35. The van der Waals surface area contributed by atoms with E-state index in [1.165, 1.54) is 12.1 Å². The van der Waals surface area contributed by atoms with Crippen molar-refractivity contribution in [3.05, 3.63) is 44.2 Å². The van der Waals surface area contributed by atoms with Crippen LogP contribution in [0.25, 0.3) is 11.0 Å². The van der Waals surface area contributed by atoms with Crippen molar-refractivity contribution in [2.75, 3.05) is 13.1 Å². The molecule has 0 bridgehead atoms. The molecule has 0 unspecified atom stereocenters. The van der Waals surface area contributed by atoms with Gasteiger partial charge < -0.3 is 14.4 Å². The van der Waals surface area contributed by atoms with Crippen molar-refractivity contribution < 1.29 is 19.1 Å². The fraction of sp³-hybridized carbons (Fsp3) is 0.267. The fourth-order valence-corrected chi connectivity index (χ4v) is 3.03. The zero-order valence-electron chi connectivity index (χ0n) is 11.5. The standard InChI is InChI=1S/C15H12BrNO5/c16-10-5-9-11(18)7-13(14(19)17-3-1-2-4-17)22-12(9)6-8(10)15(20)21/h5-7H,1-4H2,(H,20,21). The molecule has 2 aromatic rings. The van der Waals surface area contributed by atoms with Crippen molar-refractivity contribution in [3.63, 3.8) is 0 Å². The number of benzene rings is 1. The smallest absolute Gasteiger partial charge is 0.336 e. The number of rotatable bonds is 2. The van der Waals surface area contributed by atoms with Gasteiger partial charge in [0.15, 0.2) is 11.2 Å². The molecule has 1 amide bonds. The summed E-state index contributed by atoms with van der Waals surface area (Å²) >= 11 is 3.12. The summed E-state index contributed by atoms with van der Waals surface area (Å²) in [6, 6.07) is 3.81. The minimum atomic E-state index is -1.15. The van der Waals surface area contributed by atoms with Gasteiger partial charge in [0, 0.05) is 23.6 Å². The van der Waals surface area contributed by atoms with Crippen molar-refractivity contribution in [1.82, 2.24) is 4.90 Å². The number of hydrogen-bond acceptors (Lipinski definition) is 4. The molecule has 0 saturated carbocycles. The summed E-state index contributed by atoms with van der Waals surface area (Å²) in [6.07, 6.45) is 1.86. The lowest BCUT2D eigenvalue weighted by molar-refractivity contribution is 0.0695. The molecular formula is C15H12BrNO5. The molecule has 1 aromatic heterocycles. The number of halogens is 1. The Bertz CT molecular complexity index is 836. The van der Waals surface area contributed by atoms with Gasteiger partial charge in [-0.05, 0) is 40.9 Å². The van der Waals surface area contributed by atoms with Crippen LogP contribution in [-0.4, -0.2) is 35.0 Å². The minimum absolute atomic E-state index is 0.0265. The number of likely N-dealkylation sites (tertiary alicyclic amines) is 1. The second kappa shape index (κ2) is 5.57. The minimum Gasteiger partial charge on any atom is -0.478 e. The van der Waals surface area contributed by atoms with E-state index in [0.717, 1.165) is 18.9 Å². The lowest BCUT2D eigenvalue weighted by Gasteiger charge is -2.14. The summed E-state index contributed by atoms with van der Waals surface area (Å²) in [5.41, 5.74) is -0.307. The van der Waals surface area contributed by atoms with E-state index in [1.54, 1.807) is 4.90 Å². The molecule has 1 aliphatic rings. The number of hydrogen-bond donors (Lipinski definition) is 1. The number of carbonyl (C=O) groups excluding carboxylic acids is 1. The first-order chi connectivity index (χ1) is 10.5. The molecule has 6 nitrogen and oxygen atoms in total. The van der Waals surface area contributed by atoms with Crippen molar-refractivity contribution in [3.8, 4) is 0 Å². The Kier molecular flexibility index (Phi) is 3.74. The highest BCUT2D eigenvalue weighted by molar-refractivity contribution is 9.10. The monoisotopic (exact) mass is 365 g/mol. The van der Waals surface area contributed by atoms with Gasteiger partial charge in [0.1, 0.15) is 5.58 Å². The maximum absolute atomic E-state index is 12.3. The zero-order chi connectivity index (χ0) is 15.9. The molecule has 1 saturated heterocycles. The summed E-state index contributed by atoms with van der Waals surface area (Å²) in [6.45, 7) is 1.28. The molecule has 0 radical (unpaired) electrons. The molecule has 0 spiro atoms. The second-order valence-electron chi connectivity index (χ2n) is 5.11. The molecule has 3 rings (SSSR count). The molecular weight excluding hydrogens is 354 g/mol. The first kappa shape index (κ1) is 14.8. The third-order valence-corrected chi connectivity index (χ3v) is 4.31. The maximum Gasteiger partial charge on any atom is 0.336 e. The zero-order valence-corrected chi connectivity index (χ0v) is 13.1. The van der Waals surface area contributed by atoms with Crippen LogP contribution in [0.1, 0.15) is 33.8 Å². The summed E-state index contributed by atoms with van der Waals surface area (Å²) in [4.78, 5) is 37.2. The number of fused-ring (bicyclic) bond motifs is 1. The van der Waals surface area contributed by atoms with Crippen LogP contribution in [0, 0.1) is 0 Å². The number of carbonyl (C=O) groups is 2. The Hall–Kier alpha value is -2.15. The van der Waals surface area contributed by atoms with Crippen molar-refractivity contribution in [1.29, 1.82) is 0 Å². The van der Waals surface area contributed by atoms with Crippen LogP contribution in [0.15, 0.2) is 31.9 Å². The number of amides is 1. The highest BCUT2D eigenvalue weighted by Gasteiger charge is 2.23. The average Bonchev–Trinajstić information content (AvgIpc) is 3.00. The van der Waals surface area contributed by atoms with E-state index in [-0.39, 0.29) is 33.6 Å². The first-order valence-corrected chi connectivity index (χ1v) is 7.56. The molecule has 0 atom stereocenters. The normalized spacial score (nSPS) is 14.5. The van der Waals surface area contributed by atoms with E-state index in [0.29, 0.717) is 17.6 Å². The van der Waals surface area contributed by atoms with Gasteiger partial charge in [0.25, 0.3) is 5.91 Å². The average molecular weight is 366 g/mol. The van der Waals surface area contributed by atoms with Crippen molar-refractivity contribution in [2.45, 2.75) is 12.8 Å². The summed E-state index contributed by atoms with van der Waals surface area (Å²) < 4.78 is 5.78. The first-order valence-electron chi connectivity index (χ1n) is 6.77. The highest BCUT2D eigenvalue weighted by atomic mass is 79.9. The SMILES string of the molecule is O=C(O)c1cc2oc(C(=O)N3CCCC3)cc(=O)c2cc1Br. The Morgan fingerprint density at radius 1 is 1.18 bits per heavy atom. The van der Waals surface area contributed by atoms with Crippen LogP contribution >= 0.6 is 15.9 Å². The van der Waals surface area contributed by atoms with Crippen LogP contribution in [0.2, 0.25) is 0 Å². The summed E-state index contributed by atoms with van der Waals surface area (Å²) in [5.74, 6) is -1.54.